The first-order valence-corrected chi connectivity index (χ1v) is 4.18. The van der Waals surface area contributed by atoms with Gasteiger partial charge in [0.2, 0.25) is 0 Å². The van der Waals surface area contributed by atoms with Crippen molar-refractivity contribution in [2.45, 2.75) is 19.9 Å². The summed E-state index contributed by atoms with van der Waals surface area (Å²) >= 11 is 1.54. The van der Waals surface area contributed by atoms with E-state index in [-0.39, 0.29) is 0 Å². The summed E-state index contributed by atoms with van der Waals surface area (Å²) in [5, 5.41) is 3.47. The summed E-state index contributed by atoms with van der Waals surface area (Å²) in [5.41, 5.74) is 10.9. The number of aryl methyl sites for hydroxylation is 1. The maximum absolute atomic E-state index is 8.07. The van der Waals surface area contributed by atoms with Gasteiger partial charge in [0.05, 0.1) is 17.7 Å². The van der Waals surface area contributed by atoms with Crippen LogP contribution in [0.1, 0.15) is 17.5 Å². The van der Waals surface area contributed by atoms with Crippen LogP contribution >= 0.6 is 11.3 Å². The van der Waals surface area contributed by atoms with E-state index in [0.717, 1.165) is 17.0 Å². The van der Waals surface area contributed by atoms with E-state index >= 15 is 0 Å². The Hall–Kier alpha value is -1.06. The van der Waals surface area contributed by atoms with Crippen molar-refractivity contribution in [1.29, 1.82) is 0 Å². The van der Waals surface area contributed by atoms with E-state index in [0.29, 0.717) is 6.54 Å². The van der Waals surface area contributed by atoms with Gasteiger partial charge in [0.15, 0.2) is 0 Å². The Bertz CT molecular complexity index is 274. The van der Waals surface area contributed by atoms with Crippen molar-refractivity contribution in [3.63, 3.8) is 0 Å². The molecule has 11 heavy (non-hydrogen) atoms. The molecule has 0 aliphatic carbocycles. The lowest BCUT2D eigenvalue weighted by molar-refractivity contribution is 0.980. The van der Waals surface area contributed by atoms with Crippen molar-refractivity contribution in [2.75, 3.05) is 0 Å². The highest BCUT2D eigenvalue weighted by Gasteiger charge is 2.00. The third-order valence-electron chi connectivity index (χ3n) is 1.34. The van der Waals surface area contributed by atoms with Crippen LogP contribution in [0.15, 0.2) is 10.6 Å². The average molecular weight is 168 g/mol. The Morgan fingerprint density at radius 1 is 1.82 bits per heavy atom. The summed E-state index contributed by atoms with van der Waals surface area (Å²) in [5.74, 6) is 0. The van der Waals surface area contributed by atoms with Crippen LogP contribution in [0.2, 0.25) is 0 Å². The summed E-state index contributed by atoms with van der Waals surface area (Å²) in [6, 6.07) is 0. The van der Waals surface area contributed by atoms with E-state index in [1.807, 2.05) is 6.92 Å². The predicted molar refractivity (Wildman–Crippen MR) is 44.3 cm³/mol. The number of hydrogen-bond acceptors (Lipinski definition) is 3. The molecule has 0 amide bonds. The number of nitrogens with zero attached hydrogens (tertiary/aromatic N) is 4. The number of rotatable bonds is 3. The van der Waals surface area contributed by atoms with Gasteiger partial charge in [-0.1, -0.05) is 12.0 Å². The summed E-state index contributed by atoms with van der Waals surface area (Å²) in [6.45, 7) is 2.47. The molecule has 4 nitrogen and oxygen atoms in total. The van der Waals surface area contributed by atoms with E-state index in [9.17, 15) is 0 Å². The minimum absolute atomic E-state index is 0.435. The van der Waals surface area contributed by atoms with Crippen molar-refractivity contribution in [1.82, 2.24) is 4.98 Å². The molecule has 0 radical (unpaired) electrons. The molecule has 0 N–H and O–H groups in total. The van der Waals surface area contributed by atoms with E-state index in [1.165, 1.54) is 11.3 Å². The molecule has 0 unspecified atom stereocenters. The van der Waals surface area contributed by atoms with Crippen LogP contribution in [-0.2, 0) is 13.0 Å². The van der Waals surface area contributed by atoms with Gasteiger partial charge in [0, 0.05) is 9.79 Å². The van der Waals surface area contributed by atoms with Crippen molar-refractivity contribution in [3.8, 4) is 0 Å². The lowest BCUT2D eigenvalue weighted by Gasteiger charge is -1.91. The third kappa shape index (κ3) is 1.93. The quantitative estimate of drug-likeness (QED) is 0.388. The fourth-order valence-electron chi connectivity index (χ4n) is 0.806. The highest BCUT2D eigenvalue weighted by atomic mass is 32.1. The maximum Gasteiger partial charge on any atom is 0.0797 e. The molecule has 1 aromatic heterocycles. The van der Waals surface area contributed by atoms with Crippen LogP contribution in [0.3, 0.4) is 0 Å². The zero-order valence-electron chi connectivity index (χ0n) is 6.19. The maximum atomic E-state index is 8.07. The molecule has 0 spiro atoms. The third-order valence-corrected chi connectivity index (χ3v) is 2.20. The van der Waals surface area contributed by atoms with Gasteiger partial charge in [-0.15, -0.1) is 11.3 Å². The molecule has 0 saturated carbocycles. The van der Waals surface area contributed by atoms with Gasteiger partial charge in [-0.3, -0.25) is 0 Å². The summed E-state index contributed by atoms with van der Waals surface area (Å²) in [7, 11) is 0. The van der Waals surface area contributed by atoms with Gasteiger partial charge >= 0.3 is 0 Å². The smallest absolute Gasteiger partial charge is 0.0797 e. The molecule has 0 aromatic carbocycles. The van der Waals surface area contributed by atoms with Crippen LogP contribution in [0.25, 0.3) is 10.4 Å². The molecule has 5 heteroatoms. The van der Waals surface area contributed by atoms with Crippen LogP contribution in [0.4, 0.5) is 0 Å². The summed E-state index contributed by atoms with van der Waals surface area (Å²) in [4.78, 5) is 7.89. The first-order valence-electron chi connectivity index (χ1n) is 3.30. The van der Waals surface area contributed by atoms with Crippen LogP contribution in [0.5, 0.6) is 0 Å². The van der Waals surface area contributed by atoms with Crippen molar-refractivity contribution < 1.29 is 0 Å². The lowest BCUT2D eigenvalue weighted by atomic mass is 10.3. The average Bonchev–Trinajstić information content (AvgIpc) is 2.47. The molecule has 0 bridgehead atoms. The Morgan fingerprint density at radius 3 is 3.27 bits per heavy atom. The van der Waals surface area contributed by atoms with Crippen LogP contribution in [0, 0.1) is 0 Å². The molecule has 0 fully saturated rings. The van der Waals surface area contributed by atoms with Crippen molar-refractivity contribution in [2.24, 2.45) is 5.11 Å². The second-order valence-corrected chi connectivity index (χ2v) is 2.90. The topological polar surface area (TPSA) is 61.7 Å². The SMILES string of the molecule is CCc1ncsc1CN=[N+]=[N-]. The zero-order valence-corrected chi connectivity index (χ0v) is 7.01. The minimum Gasteiger partial charge on any atom is -0.249 e. The van der Waals surface area contributed by atoms with Gasteiger partial charge in [0.25, 0.3) is 0 Å². The van der Waals surface area contributed by atoms with Crippen molar-refractivity contribution in [3.05, 3.63) is 26.5 Å². The highest BCUT2D eigenvalue weighted by Crippen LogP contribution is 2.14. The number of azide groups is 1. The molecule has 0 aliphatic rings. The monoisotopic (exact) mass is 168 g/mol. The molecular formula is C6H8N4S. The lowest BCUT2D eigenvalue weighted by Crippen LogP contribution is -1.85. The van der Waals surface area contributed by atoms with Crippen molar-refractivity contribution >= 4 is 11.3 Å². The molecule has 0 saturated heterocycles. The zero-order chi connectivity index (χ0) is 8.10. The second kappa shape index (κ2) is 3.95. The standard InChI is InChI=1S/C6H8N4S/c1-2-5-6(3-9-10-7)11-4-8-5/h4H,2-3H2,1H3. The second-order valence-electron chi connectivity index (χ2n) is 1.96. The minimum atomic E-state index is 0.435. The summed E-state index contributed by atoms with van der Waals surface area (Å²) < 4.78 is 0. The Kier molecular flexibility index (Phi) is 2.89. The molecule has 1 heterocycles. The molecule has 0 atom stereocenters. The fraction of sp³-hybridized carbons (Fsp3) is 0.500. The van der Waals surface area contributed by atoms with Gasteiger partial charge in [-0.2, -0.15) is 0 Å². The number of aromatic nitrogens is 1. The normalized spacial score (nSPS) is 9.18. The first kappa shape index (κ1) is 8.04. The Labute approximate surface area is 68.5 Å². The van der Waals surface area contributed by atoms with Gasteiger partial charge in [-0.25, -0.2) is 4.98 Å². The fourth-order valence-corrected chi connectivity index (χ4v) is 1.58. The van der Waals surface area contributed by atoms with Crippen LogP contribution in [-0.4, -0.2) is 4.98 Å². The Morgan fingerprint density at radius 2 is 2.64 bits per heavy atom. The molecule has 1 aromatic rings. The summed E-state index contributed by atoms with van der Waals surface area (Å²) in [6.07, 6.45) is 0.903. The number of thiazole rings is 1. The largest absolute Gasteiger partial charge is 0.249 e. The molecular weight excluding hydrogens is 160 g/mol. The van der Waals surface area contributed by atoms with Gasteiger partial charge < -0.3 is 0 Å². The van der Waals surface area contributed by atoms with E-state index in [2.05, 4.69) is 15.0 Å². The number of hydrogen-bond donors (Lipinski definition) is 0. The van der Waals surface area contributed by atoms with Crippen LogP contribution < -0.4 is 0 Å². The molecule has 1 rings (SSSR count). The van der Waals surface area contributed by atoms with Gasteiger partial charge in [0.1, 0.15) is 0 Å². The van der Waals surface area contributed by atoms with E-state index < -0.39 is 0 Å². The van der Waals surface area contributed by atoms with Gasteiger partial charge in [-0.05, 0) is 12.0 Å². The first-order chi connectivity index (χ1) is 5.38. The highest BCUT2D eigenvalue weighted by molar-refractivity contribution is 7.09. The Balaban J connectivity index is 2.75. The predicted octanol–water partition coefficient (Wildman–Crippen LogP) is 2.52. The molecule has 58 valence electrons. The van der Waals surface area contributed by atoms with E-state index in [4.69, 9.17) is 5.53 Å². The van der Waals surface area contributed by atoms with E-state index in [1.54, 1.807) is 5.51 Å². The molecule has 0 aliphatic heterocycles.